The number of nitrogens with one attached hydrogen (secondary N) is 1. The van der Waals surface area contributed by atoms with Crippen molar-refractivity contribution in [2.24, 2.45) is 5.73 Å². The summed E-state index contributed by atoms with van der Waals surface area (Å²) in [6.45, 7) is 6.52. The van der Waals surface area contributed by atoms with E-state index < -0.39 is 0 Å². The Morgan fingerprint density at radius 1 is 1.38 bits per heavy atom. The Labute approximate surface area is 159 Å². The molecule has 1 heterocycles. The van der Waals surface area contributed by atoms with E-state index in [2.05, 4.69) is 10.4 Å². The van der Waals surface area contributed by atoms with E-state index in [9.17, 15) is 4.79 Å². The molecule has 0 aliphatic heterocycles. The summed E-state index contributed by atoms with van der Waals surface area (Å²) in [5.74, 6) is 0.270. The van der Waals surface area contributed by atoms with E-state index in [1.807, 2.05) is 43.7 Å². The topological polar surface area (TPSA) is 72.9 Å². The van der Waals surface area contributed by atoms with Gasteiger partial charge in [0, 0.05) is 23.0 Å². The molecule has 1 aromatic heterocycles. The molecule has 1 saturated carbocycles. The molecule has 2 aromatic rings. The first-order valence-corrected chi connectivity index (χ1v) is 9.68. The Bertz CT molecular complexity index is 806. The van der Waals surface area contributed by atoms with Crippen molar-refractivity contribution in [2.45, 2.75) is 57.9 Å². The first kappa shape index (κ1) is 18.9. The number of carbonyl (C=O) groups is 1. The fraction of sp³-hybridized carbons (Fsp3) is 0.500. The van der Waals surface area contributed by atoms with Gasteiger partial charge in [0.25, 0.3) is 5.91 Å². The van der Waals surface area contributed by atoms with Gasteiger partial charge in [0.15, 0.2) is 0 Å². The molecule has 1 aliphatic carbocycles. The molecule has 1 amide bonds. The van der Waals surface area contributed by atoms with E-state index >= 15 is 0 Å². The number of aromatic nitrogens is 2. The van der Waals surface area contributed by atoms with Gasteiger partial charge >= 0.3 is 0 Å². The Morgan fingerprint density at radius 3 is 2.65 bits per heavy atom. The fourth-order valence-electron chi connectivity index (χ4n) is 3.05. The number of nitrogens with zero attached hydrogens (tertiary/aromatic N) is 2. The molecular weight excluding hydrogens is 348 g/mol. The lowest BCUT2D eigenvalue weighted by molar-refractivity contribution is 0.0941. The molecule has 1 aromatic carbocycles. The summed E-state index contributed by atoms with van der Waals surface area (Å²) in [7, 11) is 0. The van der Waals surface area contributed by atoms with E-state index in [1.165, 1.54) is 0 Å². The van der Waals surface area contributed by atoms with Gasteiger partial charge in [-0.05, 0) is 50.3 Å². The summed E-state index contributed by atoms with van der Waals surface area (Å²) in [4.78, 5) is 12.8. The molecule has 6 heteroatoms. The van der Waals surface area contributed by atoms with Crippen LogP contribution in [0.15, 0.2) is 24.4 Å². The predicted octanol–water partition coefficient (Wildman–Crippen LogP) is 3.96. The number of halogens is 1. The summed E-state index contributed by atoms with van der Waals surface area (Å²) in [6.07, 6.45) is 5.46. The van der Waals surface area contributed by atoms with Crippen molar-refractivity contribution in [3.05, 3.63) is 46.2 Å². The lowest BCUT2D eigenvalue weighted by Gasteiger charge is -2.26. The van der Waals surface area contributed by atoms with Crippen molar-refractivity contribution in [3.63, 3.8) is 0 Å². The molecule has 5 nitrogen and oxygen atoms in total. The second-order valence-electron chi connectivity index (χ2n) is 7.32. The highest BCUT2D eigenvalue weighted by Gasteiger charge is 2.33. The summed E-state index contributed by atoms with van der Waals surface area (Å²) in [6, 6.07) is 5.86. The van der Waals surface area contributed by atoms with Crippen LogP contribution in [0, 0.1) is 6.92 Å². The van der Waals surface area contributed by atoms with Crippen molar-refractivity contribution in [1.82, 2.24) is 15.1 Å². The minimum Gasteiger partial charge on any atom is -0.350 e. The minimum absolute atomic E-state index is 0.104. The van der Waals surface area contributed by atoms with Gasteiger partial charge in [-0.25, -0.2) is 4.68 Å². The Balaban J connectivity index is 1.88. The Kier molecular flexibility index (Phi) is 5.39. The van der Waals surface area contributed by atoms with Crippen LogP contribution in [0.3, 0.4) is 0 Å². The van der Waals surface area contributed by atoms with E-state index in [0.717, 1.165) is 42.6 Å². The lowest BCUT2D eigenvalue weighted by atomic mass is 9.94. The van der Waals surface area contributed by atoms with Crippen LogP contribution >= 0.6 is 11.6 Å². The van der Waals surface area contributed by atoms with E-state index in [-0.39, 0.29) is 11.4 Å². The minimum atomic E-state index is -0.365. The maximum atomic E-state index is 12.8. The molecular formula is C20H27ClN4O. The van der Waals surface area contributed by atoms with Gasteiger partial charge in [-0.2, -0.15) is 5.10 Å². The first-order chi connectivity index (χ1) is 12.4. The highest BCUT2D eigenvalue weighted by Crippen LogP contribution is 2.42. The number of aryl methyl sites for hydroxylation is 1. The van der Waals surface area contributed by atoms with Gasteiger partial charge in [0.05, 0.1) is 23.1 Å². The van der Waals surface area contributed by atoms with Crippen LogP contribution in [0.2, 0.25) is 5.02 Å². The van der Waals surface area contributed by atoms with Crippen LogP contribution in [0.5, 0.6) is 0 Å². The molecule has 3 N–H and O–H groups in total. The van der Waals surface area contributed by atoms with Gasteiger partial charge in [-0.15, -0.1) is 0 Å². The summed E-state index contributed by atoms with van der Waals surface area (Å²) in [5, 5.41) is 8.20. The molecule has 1 aliphatic rings. The van der Waals surface area contributed by atoms with Crippen molar-refractivity contribution in [3.8, 4) is 5.69 Å². The zero-order valence-corrected chi connectivity index (χ0v) is 16.4. The average Bonchev–Trinajstić information content (AvgIpc) is 3.39. The van der Waals surface area contributed by atoms with Gasteiger partial charge < -0.3 is 11.1 Å². The second-order valence-corrected chi connectivity index (χ2v) is 7.72. The number of rotatable bonds is 7. The Hall–Kier alpha value is -1.85. The lowest BCUT2D eigenvalue weighted by Crippen LogP contribution is -2.49. The van der Waals surface area contributed by atoms with Gasteiger partial charge in [-0.1, -0.05) is 31.5 Å². The maximum Gasteiger partial charge on any atom is 0.254 e. The second kappa shape index (κ2) is 7.41. The number of amides is 1. The molecule has 0 radical (unpaired) electrons. The van der Waals surface area contributed by atoms with Crippen LogP contribution < -0.4 is 11.1 Å². The van der Waals surface area contributed by atoms with Crippen molar-refractivity contribution in [1.29, 1.82) is 0 Å². The zero-order valence-electron chi connectivity index (χ0n) is 15.7. The Morgan fingerprint density at radius 2 is 2.08 bits per heavy atom. The van der Waals surface area contributed by atoms with E-state index in [0.29, 0.717) is 23.0 Å². The SMILES string of the molecule is CCC(N)(CC)CNC(=O)c1cnn(-c2ccc(C)c(Cl)c2)c1C1CC1. The largest absolute Gasteiger partial charge is 0.350 e. The fourth-order valence-corrected chi connectivity index (χ4v) is 3.23. The third-order valence-corrected chi connectivity index (χ3v) is 5.83. The maximum absolute atomic E-state index is 12.8. The van der Waals surface area contributed by atoms with Crippen LogP contribution in [0.25, 0.3) is 5.69 Å². The molecule has 0 bridgehead atoms. The molecule has 0 atom stereocenters. The number of benzene rings is 1. The standard InChI is InChI=1S/C20H27ClN4O/c1-4-20(22,5-2)12-23-19(26)16-11-24-25(18(16)14-7-8-14)15-9-6-13(3)17(21)10-15/h6,9-11,14H,4-5,7-8,12,22H2,1-3H3,(H,23,26). The van der Waals surface area contributed by atoms with Crippen molar-refractivity contribution >= 4 is 17.5 Å². The van der Waals surface area contributed by atoms with Crippen LogP contribution in [0.1, 0.15) is 67.1 Å². The molecule has 140 valence electrons. The quantitative estimate of drug-likeness (QED) is 0.770. The number of nitrogens with two attached hydrogens (primary N) is 1. The van der Waals surface area contributed by atoms with Gasteiger partial charge in [0.1, 0.15) is 0 Å². The highest BCUT2D eigenvalue weighted by molar-refractivity contribution is 6.31. The number of carbonyl (C=O) groups excluding carboxylic acids is 1. The first-order valence-electron chi connectivity index (χ1n) is 9.30. The zero-order chi connectivity index (χ0) is 18.9. The molecule has 1 fully saturated rings. The molecule has 26 heavy (non-hydrogen) atoms. The van der Waals surface area contributed by atoms with Crippen LogP contribution in [-0.2, 0) is 0 Å². The van der Waals surface area contributed by atoms with Crippen LogP contribution in [0.4, 0.5) is 0 Å². The van der Waals surface area contributed by atoms with Crippen molar-refractivity contribution in [2.75, 3.05) is 6.54 Å². The van der Waals surface area contributed by atoms with Gasteiger partial charge in [0.2, 0.25) is 0 Å². The monoisotopic (exact) mass is 374 g/mol. The van der Waals surface area contributed by atoms with Crippen molar-refractivity contribution < 1.29 is 4.79 Å². The normalized spacial score (nSPS) is 14.5. The smallest absolute Gasteiger partial charge is 0.254 e. The average molecular weight is 375 g/mol. The molecule has 0 saturated heterocycles. The van der Waals surface area contributed by atoms with E-state index in [1.54, 1.807) is 6.20 Å². The predicted molar refractivity (Wildman–Crippen MR) is 105 cm³/mol. The van der Waals surface area contributed by atoms with Gasteiger partial charge in [-0.3, -0.25) is 4.79 Å². The molecule has 0 unspecified atom stereocenters. The highest BCUT2D eigenvalue weighted by atomic mass is 35.5. The number of hydrogen-bond donors (Lipinski definition) is 2. The molecule has 3 rings (SSSR count). The summed E-state index contributed by atoms with van der Waals surface area (Å²) < 4.78 is 1.85. The third-order valence-electron chi connectivity index (χ3n) is 5.42. The summed E-state index contributed by atoms with van der Waals surface area (Å²) in [5.41, 5.74) is 9.46. The summed E-state index contributed by atoms with van der Waals surface area (Å²) >= 11 is 6.28. The van der Waals surface area contributed by atoms with Crippen LogP contribution in [-0.4, -0.2) is 27.8 Å². The molecule has 0 spiro atoms. The van der Waals surface area contributed by atoms with E-state index in [4.69, 9.17) is 17.3 Å². The third kappa shape index (κ3) is 3.79. The number of hydrogen-bond acceptors (Lipinski definition) is 3.